The fraction of sp³-hybridized carbons (Fsp3) is 0.421. The van der Waals surface area contributed by atoms with E-state index in [4.69, 9.17) is 0 Å². The van der Waals surface area contributed by atoms with E-state index in [2.05, 4.69) is 5.10 Å². The first-order valence-corrected chi connectivity index (χ1v) is 8.60. The van der Waals surface area contributed by atoms with E-state index in [1.54, 1.807) is 19.1 Å². The Morgan fingerprint density at radius 3 is 2.37 bits per heavy atom. The van der Waals surface area contributed by atoms with Gasteiger partial charge in [-0.25, -0.2) is 0 Å². The molecule has 2 aromatic rings. The molecule has 0 bridgehead atoms. The van der Waals surface area contributed by atoms with Crippen molar-refractivity contribution in [1.82, 2.24) is 14.7 Å². The Kier molecular flexibility index (Phi) is 4.61. The smallest absolute Gasteiger partial charge is 0.277 e. The molecule has 0 saturated carbocycles. The highest BCUT2D eigenvalue weighted by atomic mass is 19.4. The molecule has 0 spiro atoms. The number of aryl methyl sites for hydroxylation is 2. The minimum atomic E-state index is -4.65. The minimum Gasteiger partial charge on any atom is -0.277 e. The highest BCUT2D eigenvalue weighted by molar-refractivity contribution is 6.09. The number of aromatic nitrogens is 2. The van der Waals surface area contributed by atoms with Crippen molar-refractivity contribution in [3.05, 3.63) is 52.8 Å². The Labute approximate surface area is 154 Å². The lowest BCUT2D eigenvalue weighted by molar-refractivity contribution is -0.145. The molecule has 8 heteroatoms. The summed E-state index contributed by atoms with van der Waals surface area (Å²) < 4.78 is 40.6. The van der Waals surface area contributed by atoms with Crippen LogP contribution in [0.5, 0.6) is 0 Å². The second-order valence-electron chi connectivity index (χ2n) is 6.94. The van der Waals surface area contributed by atoms with E-state index in [0.717, 1.165) is 15.1 Å². The molecular formula is C19H20F3N3O2. The molecule has 1 aliphatic rings. The van der Waals surface area contributed by atoms with Gasteiger partial charge in [-0.2, -0.15) is 18.3 Å². The molecule has 1 fully saturated rings. The average molecular weight is 379 g/mol. The third-order valence-corrected chi connectivity index (χ3v) is 5.12. The Morgan fingerprint density at radius 1 is 1.19 bits per heavy atom. The van der Waals surface area contributed by atoms with Crippen LogP contribution < -0.4 is 0 Å². The summed E-state index contributed by atoms with van der Waals surface area (Å²) in [5.41, 5.74) is -0.578. The highest BCUT2D eigenvalue weighted by Gasteiger charge is 2.52. The van der Waals surface area contributed by atoms with E-state index in [0.29, 0.717) is 12.0 Å². The summed E-state index contributed by atoms with van der Waals surface area (Å²) in [5, 5.41) is 3.44. The maximum absolute atomic E-state index is 13.2. The van der Waals surface area contributed by atoms with E-state index in [9.17, 15) is 22.8 Å². The number of imide groups is 1. The lowest BCUT2D eigenvalue weighted by atomic mass is 9.76. The number of rotatable bonds is 4. The quantitative estimate of drug-likeness (QED) is 0.766. The van der Waals surface area contributed by atoms with Crippen molar-refractivity contribution < 1.29 is 22.8 Å². The van der Waals surface area contributed by atoms with Gasteiger partial charge in [0.1, 0.15) is 0 Å². The van der Waals surface area contributed by atoms with Crippen molar-refractivity contribution >= 4 is 11.8 Å². The van der Waals surface area contributed by atoms with E-state index in [1.165, 1.54) is 13.2 Å². The van der Waals surface area contributed by atoms with E-state index < -0.39 is 35.6 Å². The summed E-state index contributed by atoms with van der Waals surface area (Å²) in [6.07, 6.45) is -3.12. The molecule has 0 aliphatic carbocycles. The lowest BCUT2D eigenvalue weighted by Gasteiger charge is -2.26. The maximum Gasteiger partial charge on any atom is 0.435 e. The molecule has 3 rings (SSSR count). The van der Waals surface area contributed by atoms with Crippen LogP contribution in [0.4, 0.5) is 13.2 Å². The first-order chi connectivity index (χ1) is 12.6. The van der Waals surface area contributed by atoms with Crippen LogP contribution in [0.2, 0.25) is 0 Å². The number of halogens is 3. The van der Waals surface area contributed by atoms with Crippen LogP contribution in [-0.4, -0.2) is 26.5 Å². The molecule has 5 nitrogen and oxygen atoms in total. The van der Waals surface area contributed by atoms with E-state index >= 15 is 0 Å². The molecule has 1 atom stereocenters. The van der Waals surface area contributed by atoms with Crippen molar-refractivity contribution in [2.45, 2.75) is 44.8 Å². The number of benzene rings is 1. The van der Waals surface area contributed by atoms with Gasteiger partial charge in [0.15, 0.2) is 5.69 Å². The largest absolute Gasteiger partial charge is 0.435 e. The number of alkyl halides is 3. The third-order valence-electron chi connectivity index (χ3n) is 5.12. The molecule has 1 saturated heterocycles. The van der Waals surface area contributed by atoms with Gasteiger partial charge in [-0.3, -0.25) is 19.2 Å². The van der Waals surface area contributed by atoms with E-state index in [-0.39, 0.29) is 12.0 Å². The van der Waals surface area contributed by atoms with Gasteiger partial charge in [0.2, 0.25) is 11.8 Å². The summed E-state index contributed by atoms with van der Waals surface area (Å²) in [4.78, 5) is 26.6. The molecule has 1 aliphatic heterocycles. The molecule has 0 radical (unpaired) electrons. The standard InChI is InChI=1S/C19H20F3N3O2/c1-4-18(14-7-5-12(2)6-8-14)9-15(26)25(17(18)27)11-13-10-24(3)23-16(13)19(20,21)22/h5-8,10H,4,9,11H2,1-3H3. The first kappa shape index (κ1) is 19.1. The number of carbonyl (C=O) groups excluding carboxylic acids is 2. The Hall–Kier alpha value is -2.64. The second-order valence-corrected chi connectivity index (χ2v) is 6.94. The average Bonchev–Trinajstić information content (AvgIpc) is 3.08. The minimum absolute atomic E-state index is 0.0486. The van der Waals surface area contributed by atoms with Gasteiger partial charge in [-0.15, -0.1) is 0 Å². The van der Waals surface area contributed by atoms with Crippen molar-refractivity contribution in [3.8, 4) is 0 Å². The zero-order valence-corrected chi connectivity index (χ0v) is 15.3. The van der Waals surface area contributed by atoms with Gasteiger partial charge in [0, 0.05) is 25.2 Å². The van der Waals surface area contributed by atoms with Gasteiger partial charge in [-0.05, 0) is 18.9 Å². The van der Waals surface area contributed by atoms with Gasteiger partial charge in [0.05, 0.1) is 12.0 Å². The molecule has 2 heterocycles. The molecule has 0 N–H and O–H groups in total. The number of nitrogens with zero attached hydrogens (tertiary/aromatic N) is 3. The molecule has 1 unspecified atom stereocenters. The van der Waals surface area contributed by atoms with Crippen LogP contribution in [0.25, 0.3) is 0 Å². The zero-order chi connectivity index (χ0) is 20.0. The fourth-order valence-electron chi connectivity index (χ4n) is 3.60. The molecule has 1 aromatic heterocycles. The number of likely N-dealkylation sites (tertiary alicyclic amines) is 1. The van der Waals surface area contributed by atoms with Crippen LogP contribution in [0, 0.1) is 6.92 Å². The normalized spacial score (nSPS) is 20.6. The molecule has 1 aromatic carbocycles. The Balaban J connectivity index is 1.96. The summed E-state index contributed by atoms with van der Waals surface area (Å²) in [7, 11) is 1.37. The number of carbonyl (C=O) groups is 2. The molecule has 2 amide bonds. The van der Waals surface area contributed by atoms with Crippen molar-refractivity contribution in [2.75, 3.05) is 0 Å². The van der Waals surface area contributed by atoms with Gasteiger partial charge in [-0.1, -0.05) is 36.8 Å². The van der Waals surface area contributed by atoms with Crippen LogP contribution in [0.3, 0.4) is 0 Å². The number of amides is 2. The zero-order valence-electron chi connectivity index (χ0n) is 15.3. The number of hydrogen-bond acceptors (Lipinski definition) is 3. The molecule has 144 valence electrons. The van der Waals surface area contributed by atoms with Gasteiger partial charge in [0.25, 0.3) is 0 Å². The fourth-order valence-corrected chi connectivity index (χ4v) is 3.60. The van der Waals surface area contributed by atoms with Crippen LogP contribution in [-0.2, 0) is 34.8 Å². The van der Waals surface area contributed by atoms with Crippen molar-refractivity contribution in [3.63, 3.8) is 0 Å². The summed E-state index contributed by atoms with van der Waals surface area (Å²) >= 11 is 0. The highest BCUT2D eigenvalue weighted by Crippen LogP contribution is 2.41. The predicted molar refractivity (Wildman–Crippen MR) is 91.5 cm³/mol. The lowest BCUT2D eigenvalue weighted by Crippen LogP contribution is -2.38. The van der Waals surface area contributed by atoms with Crippen LogP contribution in [0.1, 0.15) is 42.1 Å². The van der Waals surface area contributed by atoms with Gasteiger partial charge >= 0.3 is 6.18 Å². The Morgan fingerprint density at radius 2 is 1.81 bits per heavy atom. The Bertz CT molecular complexity index is 887. The monoisotopic (exact) mass is 379 g/mol. The number of hydrogen-bond donors (Lipinski definition) is 0. The summed E-state index contributed by atoms with van der Waals surface area (Å²) in [6, 6.07) is 7.32. The topological polar surface area (TPSA) is 55.2 Å². The SMILES string of the molecule is CCC1(c2ccc(C)cc2)CC(=O)N(Cc2cn(C)nc2C(F)(F)F)C1=O. The maximum atomic E-state index is 13.2. The first-order valence-electron chi connectivity index (χ1n) is 8.60. The molecular weight excluding hydrogens is 359 g/mol. The molecule has 27 heavy (non-hydrogen) atoms. The van der Waals surface area contributed by atoms with Crippen LogP contribution >= 0.6 is 0 Å². The third kappa shape index (κ3) is 3.24. The van der Waals surface area contributed by atoms with E-state index in [1.807, 2.05) is 19.1 Å². The van der Waals surface area contributed by atoms with Crippen LogP contribution in [0.15, 0.2) is 30.5 Å². The summed E-state index contributed by atoms with van der Waals surface area (Å²) in [6.45, 7) is 3.28. The predicted octanol–water partition coefficient (Wildman–Crippen LogP) is 3.35. The van der Waals surface area contributed by atoms with Crippen molar-refractivity contribution in [2.24, 2.45) is 7.05 Å². The second kappa shape index (κ2) is 6.51. The van der Waals surface area contributed by atoms with Crippen molar-refractivity contribution in [1.29, 1.82) is 0 Å². The van der Waals surface area contributed by atoms with Gasteiger partial charge < -0.3 is 0 Å². The summed E-state index contributed by atoms with van der Waals surface area (Å²) in [5.74, 6) is -0.935.